The molecule has 1 unspecified atom stereocenters. The molecule has 0 radical (unpaired) electrons. The van der Waals surface area contributed by atoms with Crippen molar-refractivity contribution in [1.82, 2.24) is 0 Å². The van der Waals surface area contributed by atoms with Crippen LogP contribution in [-0.4, -0.2) is 24.6 Å². The van der Waals surface area contributed by atoms with Gasteiger partial charge in [-0.15, -0.1) is 0 Å². The summed E-state index contributed by atoms with van der Waals surface area (Å²) in [6.07, 6.45) is 0.673. The van der Waals surface area contributed by atoms with Crippen molar-refractivity contribution in [1.29, 1.82) is 0 Å². The molecular weight excluding hydrogens is 358 g/mol. The molecule has 1 heterocycles. The molecule has 0 spiro atoms. The predicted octanol–water partition coefficient (Wildman–Crippen LogP) is 4.25. The summed E-state index contributed by atoms with van der Waals surface area (Å²) < 4.78 is 16.1. The van der Waals surface area contributed by atoms with E-state index in [0.717, 1.165) is 27.8 Å². The van der Waals surface area contributed by atoms with Crippen molar-refractivity contribution in [3.8, 4) is 5.75 Å². The number of nitrogens with one attached hydrogen (secondary N) is 1. The van der Waals surface area contributed by atoms with Crippen LogP contribution in [0.3, 0.4) is 0 Å². The van der Waals surface area contributed by atoms with E-state index in [0.29, 0.717) is 12.3 Å². The maximum Gasteiger partial charge on any atom is 0.311 e. The molecular formula is C22H23NO5. The van der Waals surface area contributed by atoms with E-state index in [1.165, 1.54) is 0 Å². The van der Waals surface area contributed by atoms with Gasteiger partial charge in [-0.3, -0.25) is 9.59 Å². The van der Waals surface area contributed by atoms with E-state index in [4.69, 9.17) is 13.9 Å². The van der Waals surface area contributed by atoms with Crippen molar-refractivity contribution in [2.45, 2.75) is 33.3 Å². The molecule has 0 bridgehead atoms. The van der Waals surface area contributed by atoms with Crippen LogP contribution >= 0.6 is 0 Å². The van der Waals surface area contributed by atoms with Crippen LogP contribution in [0.15, 0.2) is 53.1 Å². The highest BCUT2D eigenvalue weighted by Gasteiger charge is 2.19. The second-order valence-electron chi connectivity index (χ2n) is 6.52. The first-order valence-electron chi connectivity index (χ1n) is 9.16. The summed E-state index contributed by atoms with van der Waals surface area (Å²) in [4.78, 5) is 24.5. The van der Waals surface area contributed by atoms with Gasteiger partial charge >= 0.3 is 5.97 Å². The third kappa shape index (κ3) is 4.71. The largest absolute Gasteiger partial charge is 0.494 e. The molecule has 6 heteroatoms. The monoisotopic (exact) mass is 381 g/mol. The van der Waals surface area contributed by atoms with Crippen LogP contribution in [0, 0.1) is 6.92 Å². The lowest BCUT2D eigenvalue weighted by Gasteiger charge is -2.13. The van der Waals surface area contributed by atoms with E-state index in [1.54, 1.807) is 37.5 Å². The molecule has 3 aromatic rings. The van der Waals surface area contributed by atoms with E-state index in [-0.39, 0.29) is 6.42 Å². The summed E-state index contributed by atoms with van der Waals surface area (Å²) in [5.41, 5.74) is 3.14. The number of benzene rings is 2. The first kappa shape index (κ1) is 19.5. The Morgan fingerprint density at radius 2 is 1.89 bits per heavy atom. The van der Waals surface area contributed by atoms with E-state index in [2.05, 4.69) is 5.32 Å². The number of fused-ring (bicyclic) bond motifs is 1. The average Bonchev–Trinajstić information content (AvgIpc) is 3.05. The van der Waals surface area contributed by atoms with Crippen LogP contribution in [0.25, 0.3) is 11.0 Å². The average molecular weight is 381 g/mol. The van der Waals surface area contributed by atoms with Crippen molar-refractivity contribution in [3.05, 3.63) is 59.9 Å². The van der Waals surface area contributed by atoms with Gasteiger partial charge < -0.3 is 19.2 Å². The summed E-state index contributed by atoms with van der Waals surface area (Å²) in [5.74, 6) is -0.162. The molecule has 2 aromatic carbocycles. The molecule has 0 saturated carbocycles. The Bertz CT molecular complexity index is 974. The number of hydrogen-bond donors (Lipinski definition) is 1. The zero-order chi connectivity index (χ0) is 20.1. The molecule has 3 rings (SSSR count). The Morgan fingerprint density at radius 3 is 2.61 bits per heavy atom. The zero-order valence-corrected chi connectivity index (χ0v) is 16.2. The van der Waals surface area contributed by atoms with Gasteiger partial charge in [-0.2, -0.15) is 0 Å². The number of esters is 1. The lowest BCUT2D eigenvalue weighted by molar-refractivity contribution is -0.152. The maximum atomic E-state index is 12.3. The number of aryl methyl sites for hydroxylation is 1. The number of carbonyl (C=O) groups excluding carboxylic acids is 2. The molecule has 0 fully saturated rings. The highest BCUT2D eigenvalue weighted by Crippen LogP contribution is 2.23. The SMILES string of the molecule is CCOc1ccc(NC(=O)C(C)OC(=O)Cc2coc3cc(C)ccc23)cc1. The van der Waals surface area contributed by atoms with Crippen molar-refractivity contribution >= 4 is 28.5 Å². The Kier molecular flexibility index (Phi) is 5.99. The lowest BCUT2D eigenvalue weighted by atomic mass is 10.1. The molecule has 0 aliphatic rings. The molecule has 1 amide bonds. The van der Waals surface area contributed by atoms with Crippen molar-refractivity contribution in [2.75, 3.05) is 11.9 Å². The molecule has 1 atom stereocenters. The van der Waals surface area contributed by atoms with Crippen LogP contribution in [0.4, 0.5) is 5.69 Å². The number of hydrogen-bond acceptors (Lipinski definition) is 5. The summed E-state index contributed by atoms with van der Waals surface area (Å²) >= 11 is 0. The van der Waals surface area contributed by atoms with Crippen LogP contribution in [0.5, 0.6) is 5.75 Å². The van der Waals surface area contributed by atoms with E-state index < -0.39 is 18.0 Å². The fourth-order valence-electron chi connectivity index (χ4n) is 2.82. The van der Waals surface area contributed by atoms with Crippen LogP contribution in [0.1, 0.15) is 25.0 Å². The third-order valence-electron chi connectivity index (χ3n) is 4.26. The molecule has 0 aliphatic carbocycles. The number of ether oxygens (including phenoxy) is 2. The Labute approximate surface area is 163 Å². The fraction of sp³-hybridized carbons (Fsp3) is 0.273. The smallest absolute Gasteiger partial charge is 0.311 e. The summed E-state index contributed by atoms with van der Waals surface area (Å²) in [7, 11) is 0. The fourth-order valence-corrected chi connectivity index (χ4v) is 2.82. The number of rotatable bonds is 7. The number of amides is 1. The maximum absolute atomic E-state index is 12.3. The first-order valence-corrected chi connectivity index (χ1v) is 9.16. The number of anilines is 1. The zero-order valence-electron chi connectivity index (χ0n) is 16.2. The molecule has 0 aliphatic heterocycles. The highest BCUT2D eigenvalue weighted by molar-refractivity contribution is 5.95. The van der Waals surface area contributed by atoms with Crippen LogP contribution < -0.4 is 10.1 Å². The van der Waals surface area contributed by atoms with Gasteiger partial charge in [0.25, 0.3) is 5.91 Å². The Hall–Kier alpha value is -3.28. The van der Waals surface area contributed by atoms with Gasteiger partial charge in [-0.25, -0.2) is 0 Å². The van der Waals surface area contributed by atoms with E-state index in [9.17, 15) is 9.59 Å². The third-order valence-corrected chi connectivity index (χ3v) is 4.26. The van der Waals surface area contributed by atoms with Gasteiger partial charge in [0.05, 0.1) is 19.3 Å². The Balaban J connectivity index is 1.56. The van der Waals surface area contributed by atoms with Crippen molar-refractivity contribution in [2.24, 2.45) is 0 Å². The highest BCUT2D eigenvalue weighted by atomic mass is 16.5. The summed E-state index contributed by atoms with van der Waals surface area (Å²) in [6, 6.07) is 12.8. The second-order valence-corrected chi connectivity index (χ2v) is 6.52. The Morgan fingerprint density at radius 1 is 1.14 bits per heavy atom. The molecule has 28 heavy (non-hydrogen) atoms. The first-order chi connectivity index (χ1) is 13.5. The minimum atomic E-state index is -0.917. The number of furan rings is 1. The minimum absolute atomic E-state index is 0.0384. The molecule has 1 aromatic heterocycles. The van der Waals surface area contributed by atoms with Gasteiger partial charge in [0.1, 0.15) is 11.3 Å². The normalized spacial score (nSPS) is 11.8. The van der Waals surface area contributed by atoms with Crippen LogP contribution in [-0.2, 0) is 20.7 Å². The van der Waals surface area contributed by atoms with Gasteiger partial charge in [0, 0.05) is 16.6 Å². The standard InChI is InChI=1S/C22H23NO5/c1-4-26-18-8-6-17(7-9-18)23-22(25)15(3)28-21(24)12-16-13-27-20-11-14(2)5-10-19(16)20/h5-11,13,15H,4,12H2,1-3H3,(H,23,25). The lowest BCUT2D eigenvalue weighted by Crippen LogP contribution is -2.30. The van der Waals surface area contributed by atoms with Gasteiger partial charge in [-0.1, -0.05) is 12.1 Å². The predicted molar refractivity (Wildman–Crippen MR) is 106 cm³/mol. The summed E-state index contributed by atoms with van der Waals surface area (Å²) in [6.45, 7) is 5.99. The van der Waals surface area contributed by atoms with Gasteiger partial charge in [0.2, 0.25) is 0 Å². The summed E-state index contributed by atoms with van der Waals surface area (Å²) in [5, 5.41) is 3.59. The topological polar surface area (TPSA) is 77.8 Å². The van der Waals surface area contributed by atoms with Gasteiger partial charge in [0.15, 0.2) is 6.10 Å². The van der Waals surface area contributed by atoms with Crippen molar-refractivity contribution in [3.63, 3.8) is 0 Å². The number of carbonyl (C=O) groups is 2. The molecule has 0 saturated heterocycles. The van der Waals surface area contributed by atoms with Crippen LogP contribution in [0.2, 0.25) is 0 Å². The molecule has 146 valence electrons. The van der Waals surface area contributed by atoms with Gasteiger partial charge in [-0.05, 0) is 56.7 Å². The van der Waals surface area contributed by atoms with Crippen molar-refractivity contribution < 1.29 is 23.5 Å². The minimum Gasteiger partial charge on any atom is -0.494 e. The second kappa shape index (κ2) is 8.61. The molecule has 1 N–H and O–H groups in total. The quantitative estimate of drug-likeness (QED) is 0.619. The molecule has 6 nitrogen and oxygen atoms in total. The van der Waals surface area contributed by atoms with E-state index >= 15 is 0 Å². The van der Waals surface area contributed by atoms with E-state index in [1.807, 2.05) is 32.0 Å².